The molecule has 0 bridgehead atoms. The predicted octanol–water partition coefficient (Wildman–Crippen LogP) is 3.84. The number of halogens is 1. The Hall–Kier alpha value is -1.26. The molecular weight excluding hydrogens is 247 g/mol. The van der Waals surface area contributed by atoms with Crippen molar-refractivity contribution in [1.29, 1.82) is 0 Å². The van der Waals surface area contributed by atoms with Crippen molar-refractivity contribution in [3.63, 3.8) is 0 Å². The van der Waals surface area contributed by atoms with Crippen LogP contribution in [0, 0.1) is 5.82 Å². The number of thiazole rings is 1. The lowest BCUT2D eigenvalue weighted by molar-refractivity contribution is 0.426. The van der Waals surface area contributed by atoms with E-state index < -0.39 is 0 Å². The van der Waals surface area contributed by atoms with Crippen molar-refractivity contribution in [3.8, 4) is 10.6 Å². The van der Waals surface area contributed by atoms with E-state index in [2.05, 4.69) is 31.1 Å². The SMILES string of the molecule is CC(C)(C)NCc1cnc(-c2cccc(F)c2)s1. The lowest BCUT2D eigenvalue weighted by Crippen LogP contribution is -2.34. The average Bonchev–Trinajstić information content (AvgIpc) is 2.74. The first-order valence-corrected chi connectivity index (χ1v) is 6.71. The van der Waals surface area contributed by atoms with Gasteiger partial charge < -0.3 is 5.32 Å². The second kappa shape index (κ2) is 5.16. The van der Waals surface area contributed by atoms with Gasteiger partial charge in [0.05, 0.1) is 0 Å². The van der Waals surface area contributed by atoms with Crippen LogP contribution in [0.15, 0.2) is 30.5 Å². The van der Waals surface area contributed by atoms with Crippen LogP contribution in [-0.4, -0.2) is 10.5 Å². The number of hydrogen-bond acceptors (Lipinski definition) is 3. The van der Waals surface area contributed by atoms with Gasteiger partial charge in [0.1, 0.15) is 10.8 Å². The molecule has 1 N–H and O–H groups in total. The molecule has 0 aliphatic heterocycles. The summed E-state index contributed by atoms with van der Waals surface area (Å²) in [5.74, 6) is -0.225. The fourth-order valence-corrected chi connectivity index (χ4v) is 2.34. The van der Waals surface area contributed by atoms with Crippen LogP contribution in [0.2, 0.25) is 0 Å². The van der Waals surface area contributed by atoms with E-state index in [0.29, 0.717) is 0 Å². The van der Waals surface area contributed by atoms with E-state index in [4.69, 9.17) is 0 Å². The van der Waals surface area contributed by atoms with Crippen molar-refractivity contribution in [3.05, 3.63) is 41.2 Å². The molecule has 0 spiro atoms. The molecule has 0 unspecified atom stereocenters. The Morgan fingerprint density at radius 2 is 2.11 bits per heavy atom. The highest BCUT2D eigenvalue weighted by atomic mass is 32.1. The molecule has 0 saturated heterocycles. The van der Waals surface area contributed by atoms with Crippen LogP contribution >= 0.6 is 11.3 Å². The summed E-state index contributed by atoms with van der Waals surface area (Å²) < 4.78 is 13.1. The molecule has 2 rings (SSSR count). The normalized spacial score (nSPS) is 11.8. The molecule has 2 aromatic rings. The van der Waals surface area contributed by atoms with Crippen LogP contribution in [-0.2, 0) is 6.54 Å². The van der Waals surface area contributed by atoms with Crippen LogP contribution in [0.5, 0.6) is 0 Å². The second-order valence-corrected chi connectivity index (χ2v) is 6.36. The minimum Gasteiger partial charge on any atom is -0.307 e. The van der Waals surface area contributed by atoms with E-state index in [0.717, 1.165) is 22.0 Å². The largest absolute Gasteiger partial charge is 0.307 e. The molecule has 0 atom stereocenters. The summed E-state index contributed by atoms with van der Waals surface area (Å²) in [6.45, 7) is 7.17. The Morgan fingerprint density at radius 1 is 1.33 bits per heavy atom. The van der Waals surface area contributed by atoms with Gasteiger partial charge in [-0.3, -0.25) is 0 Å². The first-order chi connectivity index (χ1) is 8.44. The maximum atomic E-state index is 13.1. The summed E-state index contributed by atoms with van der Waals surface area (Å²) in [5, 5.41) is 4.27. The van der Waals surface area contributed by atoms with Crippen molar-refractivity contribution in [2.75, 3.05) is 0 Å². The summed E-state index contributed by atoms with van der Waals surface area (Å²) in [6.07, 6.45) is 1.85. The van der Waals surface area contributed by atoms with Crippen LogP contribution in [0.1, 0.15) is 25.6 Å². The van der Waals surface area contributed by atoms with Gasteiger partial charge >= 0.3 is 0 Å². The van der Waals surface area contributed by atoms with Crippen molar-refractivity contribution in [1.82, 2.24) is 10.3 Å². The van der Waals surface area contributed by atoms with Crippen LogP contribution < -0.4 is 5.32 Å². The van der Waals surface area contributed by atoms with E-state index >= 15 is 0 Å². The highest BCUT2D eigenvalue weighted by Crippen LogP contribution is 2.25. The summed E-state index contributed by atoms with van der Waals surface area (Å²) in [7, 11) is 0. The molecule has 18 heavy (non-hydrogen) atoms. The topological polar surface area (TPSA) is 24.9 Å². The smallest absolute Gasteiger partial charge is 0.123 e. The van der Waals surface area contributed by atoms with Gasteiger partial charge in [-0.1, -0.05) is 12.1 Å². The summed E-state index contributed by atoms with van der Waals surface area (Å²) in [6, 6.07) is 6.54. The van der Waals surface area contributed by atoms with Crippen LogP contribution in [0.3, 0.4) is 0 Å². The Kier molecular flexibility index (Phi) is 3.78. The van der Waals surface area contributed by atoms with Crippen LogP contribution in [0.4, 0.5) is 4.39 Å². The molecule has 0 aliphatic rings. The van der Waals surface area contributed by atoms with Gasteiger partial charge in [0, 0.05) is 28.7 Å². The van der Waals surface area contributed by atoms with E-state index in [9.17, 15) is 4.39 Å². The highest BCUT2D eigenvalue weighted by molar-refractivity contribution is 7.15. The number of rotatable bonds is 3. The van der Waals surface area contributed by atoms with E-state index in [1.807, 2.05) is 12.3 Å². The second-order valence-electron chi connectivity index (χ2n) is 5.25. The molecule has 1 heterocycles. The Labute approximate surface area is 111 Å². The molecule has 0 fully saturated rings. The first-order valence-electron chi connectivity index (χ1n) is 5.90. The molecule has 4 heteroatoms. The first kappa shape index (κ1) is 13.2. The molecular formula is C14H17FN2S. The number of hydrogen-bond donors (Lipinski definition) is 1. The highest BCUT2D eigenvalue weighted by Gasteiger charge is 2.10. The number of nitrogens with one attached hydrogen (secondary N) is 1. The minimum atomic E-state index is -0.225. The zero-order valence-electron chi connectivity index (χ0n) is 10.8. The average molecular weight is 264 g/mol. The molecule has 2 nitrogen and oxygen atoms in total. The van der Waals surface area contributed by atoms with Gasteiger partial charge in [0.25, 0.3) is 0 Å². The minimum absolute atomic E-state index is 0.0863. The van der Waals surface area contributed by atoms with Gasteiger partial charge in [-0.05, 0) is 32.9 Å². The van der Waals surface area contributed by atoms with Crippen molar-refractivity contribution < 1.29 is 4.39 Å². The molecule has 0 saturated carbocycles. The number of benzene rings is 1. The Morgan fingerprint density at radius 3 is 2.78 bits per heavy atom. The Bertz CT molecular complexity index is 529. The molecule has 1 aromatic carbocycles. The predicted molar refractivity (Wildman–Crippen MR) is 74.1 cm³/mol. The summed E-state index contributed by atoms with van der Waals surface area (Å²) >= 11 is 1.60. The fourth-order valence-electron chi connectivity index (χ4n) is 1.50. The van der Waals surface area contributed by atoms with E-state index in [-0.39, 0.29) is 11.4 Å². The van der Waals surface area contributed by atoms with Gasteiger partial charge in [-0.25, -0.2) is 9.37 Å². The Balaban J connectivity index is 2.11. The number of nitrogens with zero attached hydrogens (tertiary/aromatic N) is 1. The molecule has 0 amide bonds. The van der Waals surface area contributed by atoms with Gasteiger partial charge in [-0.15, -0.1) is 11.3 Å². The van der Waals surface area contributed by atoms with Crippen molar-refractivity contribution in [2.24, 2.45) is 0 Å². The third-order valence-electron chi connectivity index (χ3n) is 2.42. The van der Waals surface area contributed by atoms with Gasteiger partial charge in [0.15, 0.2) is 0 Å². The summed E-state index contributed by atoms with van der Waals surface area (Å²) in [4.78, 5) is 5.50. The van der Waals surface area contributed by atoms with E-state index in [1.54, 1.807) is 17.4 Å². The molecule has 96 valence electrons. The van der Waals surface area contributed by atoms with Crippen molar-refractivity contribution >= 4 is 11.3 Å². The maximum Gasteiger partial charge on any atom is 0.123 e. The third-order valence-corrected chi connectivity index (χ3v) is 3.46. The third kappa shape index (κ3) is 3.62. The fraction of sp³-hybridized carbons (Fsp3) is 0.357. The van der Waals surface area contributed by atoms with Crippen molar-refractivity contribution in [2.45, 2.75) is 32.9 Å². The summed E-state index contributed by atoms with van der Waals surface area (Å²) in [5.41, 5.74) is 0.922. The van der Waals surface area contributed by atoms with Crippen LogP contribution in [0.25, 0.3) is 10.6 Å². The molecule has 1 aromatic heterocycles. The lowest BCUT2D eigenvalue weighted by Gasteiger charge is -2.19. The van der Waals surface area contributed by atoms with Gasteiger partial charge in [0.2, 0.25) is 0 Å². The molecule has 0 aliphatic carbocycles. The van der Waals surface area contributed by atoms with E-state index in [1.165, 1.54) is 12.1 Å². The number of aromatic nitrogens is 1. The zero-order valence-corrected chi connectivity index (χ0v) is 11.6. The lowest BCUT2D eigenvalue weighted by atomic mass is 10.1. The standard InChI is InChI=1S/C14H17FN2S/c1-14(2,3)17-9-12-8-16-13(18-12)10-5-4-6-11(15)7-10/h4-8,17H,9H2,1-3H3. The maximum absolute atomic E-state index is 13.1. The van der Waals surface area contributed by atoms with Gasteiger partial charge in [-0.2, -0.15) is 0 Å². The monoisotopic (exact) mass is 264 g/mol. The molecule has 0 radical (unpaired) electrons. The zero-order chi connectivity index (χ0) is 13.2. The quantitative estimate of drug-likeness (QED) is 0.911.